The smallest absolute Gasteiger partial charge is 0.228 e. The lowest BCUT2D eigenvalue weighted by atomic mass is 10.0. The minimum atomic E-state index is 0.140. The van der Waals surface area contributed by atoms with Crippen LogP contribution in [0.5, 0.6) is 0 Å². The monoisotopic (exact) mass is 430 g/mol. The minimum Gasteiger partial charge on any atom is -0.292 e. The normalized spacial score (nSPS) is 18.9. The van der Waals surface area contributed by atoms with Crippen molar-refractivity contribution in [1.29, 1.82) is 0 Å². The summed E-state index contributed by atoms with van der Waals surface area (Å²) in [5, 5.41) is 4.31. The van der Waals surface area contributed by atoms with Crippen LogP contribution in [0.25, 0.3) is 0 Å². The predicted octanol–water partition coefficient (Wildman–Crippen LogP) is 3.64. The highest BCUT2D eigenvalue weighted by atomic mass is 16.2. The highest BCUT2D eigenvalue weighted by molar-refractivity contribution is 5.95. The van der Waals surface area contributed by atoms with Gasteiger partial charge in [0.1, 0.15) is 11.6 Å². The first-order chi connectivity index (χ1) is 15.5. The van der Waals surface area contributed by atoms with Crippen LogP contribution in [-0.4, -0.2) is 37.1 Å². The van der Waals surface area contributed by atoms with E-state index >= 15 is 0 Å². The van der Waals surface area contributed by atoms with Gasteiger partial charge in [-0.3, -0.25) is 19.3 Å². The number of rotatable bonds is 5. The Labute approximate surface area is 189 Å². The summed E-state index contributed by atoms with van der Waals surface area (Å²) < 4.78 is 1.84. The van der Waals surface area contributed by atoms with Gasteiger partial charge >= 0.3 is 0 Å². The van der Waals surface area contributed by atoms with E-state index in [1.165, 1.54) is 11.1 Å². The molecular formula is C25H30N6O. The van der Waals surface area contributed by atoms with Crippen LogP contribution in [-0.2, 0) is 31.4 Å². The number of aromatic nitrogens is 4. The summed E-state index contributed by atoms with van der Waals surface area (Å²) in [7, 11) is 1.95. The van der Waals surface area contributed by atoms with Gasteiger partial charge in [-0.2, -0.15) is 5.10 Å². The molecule has 3 aromatic rings. The molecule has 7 nitrogen and oxygen atoms in total. The molecule has 1 amide bonds. The van der Waals surface area contributed by atoms with Gasteiger partial charge in [-0.05, 0) is 45.2 Å². The van der Waals surface area contributed by atoms with E-state index in [4.69, 9.17) is 9.97 Å². The van der Waals surface area contributed by atoms with Crippen molar-refractivity contribution in [3.8, 4) is 0 Å². The van der Waals surface area contributed by atoms with E-state index in [1.807, 2.05) is 22.8 Å². The Balaban J connectivity index is 1.46. The van der Waals surface area contributed by atoms with Crippen LogP contribution in [0.4, 0.5) is 5.82 Å². The van der Waals surface area contributed by atoms with E-state index in [0.29, 0.717) is 13.0 Å². The Kier molecular flexibility index (Phi) is 5.51. The maximum Gasteiger partial charge on any atom is 0.228 e. The van der Waals surface area contributed by atoms with Crippen LogP contribution < -0.4 is 4.90 Å². The van der Waals surface area contributed by atoms with Crippen LogP contribution in [0.2, 0.25) is 0 Å². The molecular weight excluding hydrogens is 400 g/mol. The molecule has 32 heavy (non-hydrogen) atoms. The second-order valence-corrected chi connectivity index (χ2v) is 9.09. The molecule has 5 rings (SSSR count). The number of aryl methyl sites for hydroxylation is 3. The van der Waals surface area contributed by atoms with Crippen molar-refractivity contribution in [3.63, 3.8) is 0 Å². The van der Waals surface area contributed by atoms with Gasteiger partial charge in [0.05, 0.1) is 18.8 Å². The number of hydrogen-bond donors (Lipinski definition) is 0. The molecule has 0 aliphatic carbocycles. The van der Waals surface area contributed by atoms with Crippen molar-refractivity contribution in [2.45, 2.75) is 58.7 Å². The van der Waals surface area contributed by atoms with Gasteiger partial charge in [0.15, 0.2) is 0 Å². The third kappa shape index (κ3) is 4.05. The zero-order chi connectivity index (χ0) is 22.2. The topological polar surface area (TPSA) is 67.2 Å². The van der Waals surface area contributed by atoms with Crippen LogP contribution in [0.3, 0.4) is 0 Å². The molecule has 0 spiro atoms. The Bertz CT molecular complexity index is 1140. The third-order valence-electron chi connectivity index (χ3n) is 6.62. The molecule has 2 aliphatic rings. The third-order valence-corrected chi connectivity index (χ3v) is 6.62. The van der Waals surface area contributed by atoms with Crippen molar-refractivity contribution >= 4 is 11.7 Å². The Morgan fingerprint density at radius 3 is 2.59 bits per heavy atom. The van der Waals surface area contributed by atoms with Crippen molar-refractivity contribution in [2.75, 3.05) is 11.4 Å². The highest BCUT2D eigenvalue weighted by Crippen LogP contribution is 2.35. The molecule has 2 aliphatic heterocycles. The molecule has 1 saturated heterocycles. The summed E-state index contributed by atoms with van der Waals surface area (Å²) in [6, 6.07) is 8.54. The number of likely N-dealkylation sites (tertiary alicyclic amines) is 1. The summed E-state index contributed by atoms with van der Waals surface area (Å²) in [4.78, 5) is 27.2. The van der Waals surface area contributed by atoms with E-state index < -0.39 is 0 Å². The summed E-state index contributed by atoms with van der Waals surface area (Å²) in [6.45, 7) is 6.54. The summed E-state index contributed by atoms with van der Waals surface area (Å²) >= 11 is 0. The van der Waals surface area contributed by atoms with Gasteiger partial charge in [-0.1, -0.05) is 29.8 Å². The fourth-order valence-electron chi connectivity index (χ4n) is 4.89. The van der Waals surface area contributed by atoms with Gasteiger partial charge in [0.2, 0.25) is 5.91 Å². The number of hydrogen-bond acceptors (Lipinski definition) is 5. The van der Waals surface area contributed by atoms with E-state index in [2.05, 4.69) is 54.3 Å². The number of carbonyl (C=O) groups excluding carboxylic acids is 1. The first-order valence-electron chi connectivity index (χ1n) is 11.4. The lowest BCUT2D eigenvalue weighted by Crippen LogP contribution is -2.37. The largest absolute Gasteiger partial charge is 0.292 e. The number of fused-ring (bicyclic) bond motifs is 1. The van der Waals surface area contributed by atoms with Crippen LogP contribution in [0, 0.1) is 13.8 Å². The van der Waals surface area contributed by atoms with E-state index in [9.17, 15) is 4.79 Å². The highest BCUT2D eigenvalue weighted by Gasteiger charge is 2.33. The summed E-state index contributed by atoms with van der Waals surface area (Å²) in [5.74, 6) is 1.78. The van der Waals surface area contributed by atoms with Crippen molar-refractivity contribution in [1.82, 2.24) is 24.6 Å². The molecule has 7 heteroatoms. The number of amides is 1. The SMILES string of the molecule is Cc1ccc(CN2C(=O)CCc3c(C)nc([C@@H]4CCCN4Cc4cnn(C)c4)nc32)cc1. The second-order valence-electron chi connectivity index (χ2n) is 9.09. The second kappa shape index (κ2) is 8.47. The first-order valence-corrected chi connectivity index (χ1v) is 11.4. The molecule has 1 aromatic carbocycles. The number of anilines is 1. The standard InChI is InChI=1S/C25H30N6O/c1-17-6-8-19(9-7-17)16-31-23(32)11-10-21-18(2)27-24(28-25(21)31)22-5-4-12-30(22)15-20-13-26-29(3)14-20/h6-9,13-14,22H,4-5,10-12,15-16H2,1-3H3/t22-/m0/s1. The Hall–Kier alpha value is -3.06. The zero-order valence-corrected chi connectivity index (χ0v) is 19.1. The van der Waals surface area contributed by atoms with Gasteiger partial charge in [-0.15, -0.1) is 0 Å². The maximum absolute atomic E-state index is 12.9. The summed E-state index contributed by atoms with van der Waals surface area (Å²) in [6.07, 6.45) is 7.38. The van der Waals surface area contributed by atoms with Crippen molar-refractivity contribution < 1.29 is 4.79 Å². The summed E-state index contributed by atoms with van der Waals surface area (Å²) in [5.41, 5.74) is 5.64. The van der Waals surface area contributed by atoms with E-state index in [-0.39, 0.29) is 11.9 Å². The van der Waals surface area contributed by atoms with E-state index in [0.717, 1.165) is 60.8 Å². The zero-order valence-electron chi connectivity index (χ0n) is 19.1. The average Bonchev–Trinajstić information content (AvgIpc) is 3.40. The van der Waals surface area contributed by atoms with Crippen molar-refractivity contribution in [3.05, 3.63) is 70.4 Å². The van der Waals surface area contributed by atoms with E-state index in [1.54, 1.807) is 0 Å². The molecule has 1 fully saturated rings. The number of carbonyl (C=O) groups is 1. The fourth-order valence-corrected chi connectivity index (χ4v) is 4.89. The van der Waals surface area contributed by atoms with Crippen molar-refractivity contribution in [2.24, 2.45) is 7.05 Å². The van der Waals surface area contributed by atoms with Gasteiger partial charge in [-0.25, -0.2) is 9.97 Å². The lowest BCUT2D eigenvalue weighted by Gasteiger charge is -2.31. The Morgan fingerprint density at radius 1 is 1.03 bits per heavy atom. The molecule has 0 radical (unpaired) electrons. The molecule has 0 unspecified atom stereocenters. The lowest BCUT2D eigenvalue weighted by molar-refractivity contribution is -0.119. The molecule has 0 bridgehead atoms. The van der Waals surface area contributed by atoms with Gasteiger partial charge in [0.25, 0.3) is 0 Å². The Morgan fingerprint density at radius 2 is 1.84 bits per heavy atom. The quantitative estimate of drug-likeness (QED) is 0.618. The van der Waals surface area contributed by atoms with Crippen LogP contribution in [0.1, 0.15) is 59.1 Å². The molecule has 2 aromatic heterocycles. The molecule has 1 atom stereocenters. The minimum absolute atomic E-state index is 0.140. The van der Waals surface area contributed by atoms with Gasteiger partial charge in [0, 0.05) is 43.0 Å². The van der Waals surface area contributed by atoms with Crippen LogP contribution >= 0.6 is 0 Å². The predicted molar refractivity (Wildman–Crippen MR) is 123 cm³/mol. The van der Waals surface area contributed by atoms with Gasteiger partial charge < -0.3 is 0 Å². The number of benzene rings is 1. The molecule has 0 saturated carbocycles. The fraction of sp³-hybridized carbons (Fsp3) is 0.440. The molecule has 166 valence electrons. The first kappa shape index (κ1) is 20.8. The maximum atomic E-state index is 12.9. The molecule has 0 N–H and O–H groups in total. The number of nitrogens with zero attached hydrogens (tertiary/aromatic N) is 6. The average molecular weight is 431 g/mol. The molecule has 4 heterocycles. The van der Waals surface area contributed by atoms with Crippen LogP contribution in [0.15, 0.2) is 36.7 Å².